The largest absolute Gasteiger partial charge is 0.0998 e. The van der Waals surface area contributed by atoms with Crippen molar-refractivity contribution in [1.82, 2.24) is 0 Å². The quantitative estimate of drug-likeness (QED) is 0.527. The van der Waals surface area contributed by atoms with Crippen LogP contribution in [0.25, 0.3) is 0 Å². The predicted octanol–water partition coefficient (Wildman–Crippen LogP) is 4.01. The van der Waals surface area contributed by atoms with Crippen LogP contribution in [0, 0.1) is 5.92 Å². The van der Waals surface area contributed by atoms with E-state index in [2.05, 4.69) is 20.1 Å². The molecule has 0 saturated carbocycles. The molecule has 0 saturated heterocycles. The summed E-state index contributed by atoms with van der Waals surface area (Å²) in [5.41, 5.74) is 6.05. The summed E-state index contributed by atoms with van der Waals surface area (Å²) in [6, 6.07) is 0. The van der Waals surface area contributed by atoms with Crippen molar-refractivity contribution in [1.29, 1.82) is 0 Å². The molecule has 0 spiro atoms. The van der Waals surface area contributed by atoms with Gasteiger partial charge in [-0.15, -0.1) is 0 Å². The van der Waals surface area contributed by atoms with E-state index in [-0.39, 0.29) is 0 Å². The van der Waals surface area contributed by atoms with Crippen LogP contribution in [0.5, 0.6) is 0 Å². The van der Waals surface area contributed by atoms with Crippen molar-refractivity contribution >= 4 is 0 Å². The van der Waals surface area contributed by atoms with Crippen molar-refractivity contribution in [2.24, 2.45) is 5.92 Å². The fourth-order valence-electron chi connectivity index (χ4n) is 2.54. The maximum Gasteiger partial charge on any atom is -0.0165 e. The first-order chi connectivity index (χ1) is 6.18. The monoisotopic (exact) mass is 174 g/mol. The van der Waals surface area contributed by atoms with Gasteiger partial charge in [-0.2, -0.15) is 0 Å². The van der Waals surface area contributed by atoms with Crippen LogP contribution >= 0.6 is 0 Å². The molecule has 0 fully saturated rings. The van der Waals surface area contributed by atoms with E-state index < -0.39 is 0 Å². The van der Waals surface area contributed by atoms with Crippen LogP contribution in [-0.4, -0.2) is 0 Å². The molecule has 2 rings (SSSR count). The standard InChI is InChI=1S/C13H18/c1-9(2)12-7-6-11-5-4-10(3)13(11)8-12/h12H,1,3-8H2,2H3/t12-/m0/s1. The van der Waals surface area contributed by atoms with Gasteiger partial charge in [-0.1, -0.05) is 29.9 Å². The molecule has 0 heteroatoms. The van der Waals surface area contributed by atoms with Gasteiger partial charge in [0.2, 0.25) is 0 Å². The van der Waals surface area contributed by atoms with Crippen LogP contribution in [0.15, 0.2) is 35.5 Å². The molecule has 2 aliphatic carbocycles. The van der Waals surface area contributed by atoms with E-state index in [0.717, 1.165) is 5.92 Å². The van der Waals surface area contributed by atoms with Gasteiger partial charge < -0.3 is 0 Å². The van der Waals surface area contributed by atoms with Gasteiger partial charge >= 0.3 is 0 Å². The average molecular weight is 174 g/mol. The zero-order chi connectivity index (χ0) is 9.42. The third kappa shape index (κ3) is 1.50. The van der Waals surface area contributed by atoms with Gasteiger partial charge in [0.1, 0.15) is 0 Å². The minimum atomic E-state index is 0.730. The van der Waals surface area contributed by atoms with Crippen LogP contribution in [0.1, 0.15) is 39.0 Å². The van der Waals surface area contributed by atoms with Gasteiger partial charge in [0.25, 0.3) is 0 Å². The Morgan fingerprint density at radius 3 is 2.77 bits per heavy atom. The van der Waals surface area contributed by atoms with E-state index in [1.807, 2.05) is 0 Å². The molecule has 0 amide bonds. The van der Waals surface area contributed by atoms with Crippen molar-refractivity contribution in [3.05, 3.63) is 35.5 Å². The Hall–Kier alpha value is -0.780. The molecule has 0 aliphatic heterocycles. The van der Waals surface area contributed by atoms with Crippen molar-refractivity contribution in [3.63, 3.8) is 0 Å². The van der Waals surface area contributed by atoms with Crippen LogP contribution in [0.2, 0.25) is 0 Å². The Kier molecular flexibility index (Phi) is 2.15. The lowest BCUT2D eigenvalue weighted by Gasteiger charge is -2.24. The lowest BCUT2D eigenvalue weighted by molar-refractivity contribution is 0.527. The number of rotatable bonds is 1. The summed E-state index contributed by atoms with van der Waals surface area (Å²) < 4.78 is 0. The lowest BCUT2D eigenvalue weighted by Crippen LogP contribution is -2.09. The molecule has 70 valence electrons. The van der Waals surface area contributed by atoms with E-state index in [9.17, 15) is 0 Å². The van der Waals surface area contributed by atoms with Gasteiger partial charge in [-0.05, 0) is 50.5 Å². The summed E-state index contributed by atoms with van der Waals surface area (Å²) in [5, 5.41) is 0. The fraction of sp³-hybridized carbons (Fsp3) is 0.538. The van der Waals surface area contributed by atoms with E-state index in [1.54, 1.807) is 11.1 Å². The first-order valence-electron chi connectivity index (χ1n) is 5.23. The zero-order valence-corrected chi connectivity index (χ0v) is 8.53. The summed E-state index contributed by atoms with van der Waals surface area (Å²) in [6.45, 7) is 10.4. The Morgan fingerprint density at radius 2 is 2.08 bits per heavy atom. The molecule has 0 unspecified atom stereocenters. The first-order valence-corrected chi connectivity index (χ1v) is 5.23. The predicted molar refractivity (Wildman–Crippen MR) is 57.6 cm³/mol. The van der Waals surface area contributed by atoms with E-state index in [1.165, 1.54) is 43.3 Å². The lowest BCUT2D eigenvalue weighted by atomic mass is 9.81. The second-order valence-electron chi connectivity index (χ2n) is 4.47. The van der Waals surface area contributed by atoms with Gasteiger partial charge in [-0.3, -0.25) is 0 Å². The van der Waals surface area contributed by atoms with Crippen LogP contribution < -0.4 is 0 Å². The van der Waals surface area contributed by atoms with Crippen LogP contribution in [0.3, 0.4) is 0 Å². The Morgan fingerprint density at radius 1 is 1.31 bits per heavy atom. The highest BCUT2D eigenvalue weighted by Gasteiger charge is 2.26. The summed E-state index contributed by atoms with van der Waals surface area (Å²) in [6.07, 6.45) is 6.35. The Balaban J connectivity index is 2.18. The normalized spacial score (nSPS) is 27.8. The third-order valence-electron chi connectivity index (χ3n) is 3.52. The van der Waals surface area contributed by atoms with E-state index in [4.69, 9.17) is 0 Å². The zero-order valence-electron chi connectivity index (χ0n) is 8.53. The molecule has 0 aromatic carbocycles. The minimum absolute atomic E-state index is 0.730. The SMILES string of the molecule is C=C1CCC2=C1C[C@@H](C(=C)C)CC2. The molecule has 0 nitrogen and oxygen atoms in total. The molecule has 0 N–H and O–H groups in total. The van der Waals surface area contributed by atoms with Gasteiger partial charge in [0, 0.05) is 0 Å². The molecule has 2 aliphatic rings. The highest BCUT2D eigenvalue weighted by atomic mass is 14.3. The van der Waals surface area contributed by atoms with Crippen molar-refractivity contribution in [2.75, 3.05) is 0 Å². The highest BCUT2D eigenvalue weighted by Crippen LogP contribution is 2.43. The third-order valence-corrected chi connectivity index (χ3v) is 3.52. The highest BCUT2D eigenvalue weighted by molar-refractivity contribution is 5.41. The molecular formula is C13H18. The van der Waals surface area contributed by atoms with Gasteiger partial charge in [0.15, 0.2) is 0 Å². The van der Waals surface area contributed by atoms with Crippen LogP contribution in [0.4, 0.5) is 0 Å². The van der Waals surface area contributed by atoms with Crippen molar-refractivity contribution < 1.29 is 0 Å². The van der Waals surface area contributed by atoms with Crippen molar-refractivity contribution in [3.8, 4) is 0 Å². The molecule has 0 radical (unpaired) electrons. The average Bonchev–Trinajstić information content (AvgIpc) is 2.47. The number of allylic oxidation sites excluding steroid dienone is 4. The molecule has 0 heterocycles. The summed E-state index contributed by atoms with van der Waals surface area (Å²) >= 11 is 0. The molecular weight excluding hydrogens is 156 g/mol. The van der Waals surface area contributed by atoms with Gasteiger partial charge in [0.05, 0.1) is 0 Å². The summed E-state index contributed by atoms with van der Waals surface area (Å²) in [7, 11) is 0. The maximum atomic E-state index is 4.14. The summed E-state index contributed by atoms with van der Waals surface area (Å²) in [5.74, 6) is 0.730. The molecule has 1 atom stereocenters. The first kappa shape index (κ1) is 8.80. The summed E-state index contributed by atoms with van der Waals surface area (Å²) in [4.78, 5) is 0. The minimum Gasteiger partial charge on any atom is -0.0998 e. The Labute approximate surface area is 81.0 Å². The molecule has 0 bridgehead atoms. The molecule has 0 aromatic heterocycles. The van der Waals surface area contributed by atoms with Crippen LogP contribution in [-0.2, 0) is 0 Å². The number of hydrogen-bond acceptors (Lipinski definition) is 0. The smallest absolute Gasteiger partial charge is 0.0165 e. The maximum absolute atomic E-state index is 4.14. The van der Waals surface area contributed by atoms with Crippen molar-refractivity contribution in [2.45, 2.75) is 39.0 Å². The molecule has 13 heavy (non-hydrogen) atoms. The van der Waals surface area contributed by atoms with Gasteiger partial charge in [-0.25, -0.2) is 0 Å². The second kappa shape index (κ2) is 3.17. The topological polar surface area (TPSA) is 0 Å². The number of hydrogen-bond donors (Lipinski definition) is 0. The fourth-order valence-corrected chi connectivity index (χ4v) is 2.54. The molecule has 0 aromatic rings. The second-order valence-corrected chi connectivity index (χ2v) is 4.47. The Bertz CT molecular complexity index is 291. The van der Waals surface area contributed by atoms with E-state index >= 15 is 0 Å². The van der Waals surface area contributed by atoms with E-state index in [0.29, 0.717) is 0 Å².